The van der Waals surface area contributed by atoms with Crippen molar-refractivity contribution in [2.45, 2.75) is 26.5 Å². The van der Waals surface area contributed by atoms with E-state index in [0.717, 1.165) is 0 Å². The Kier molecular flexibility index (Phi) is 8.62. The summed E-state index contributed by atoms with van der Waals surface area (Å²) >= 11 is 70.1. The van der Waals surface area contributed by atoms with Crippen LogP contribution >= 0.6 is 139 Å². The molecule has 0 aliphatic carbocycles. The summed E-state index contributed by atoms with van der Waals surface area (Å²) in [5.74, 6) is 0. The monoisotopic (exact) mass is 524 g/mol. The highest BCUT2D eigenvalue weighted by Crippen LogP contribution is 2.66. The molecule has 1 N–H and O–H groups in total. The second-order valence-corrected chi connectivity index (χ2v) is 11.5. The Bertz CT molecular complexity index is 348. The highest BCUT2D eigenvalue weighted by atomic mass is 35.6. The molecule has 0 unspecified atom stereocenters. The summed E-state index contributed by atoms with van der Waals surface area (Å²) in [4.78, 5) is -1.55. The van der Waals surface area contributed by atoms with Crippen LogP contribution in [0.25, 0.3) is 0 Å². The van der Waals surface area contributed by atoms with Gasteiger partial charge in [0.15, 0.2) is 21.7 Å². The van der Waals surface area contributed by atoms with E-state index in [0.29, 0.717) is 0 Å². The van der Waals surface area contributed by atoms with Gasteiger partial charge in [0.1, 0.15) is 4.84 Å². The topological polar surface area (TPSA) is 20.2 Å². The molecule has 0 saturated carbocycles. The van der Waals surface area contributed by atoms with Crippen molar-refractivity contribution >= 4 is 139 Å². The fraction of sp³-hybridized carbons (Fsp3) is 1.00. The Labute approximate surface area is 175 Å². The highest BCUT2D eigenvalue weighted by molar-refractivity contribution is 6.77. The molecule has 0 saturated heterocycles. The van der Waals surface area contributed by atoms with Crippen molar-refractivity contribution in [1.82, 2.24) is 0 Å². The third-order valence-electron chi connectivity index (χ3n) is 2.14. The van der Waals surface area contributed by atoms with Crippen LogP contribution in [0.15, 0.2) is 0 Å². The standard InChI is InChI=1S/C7H4Cl12O/c8-2(9)4(12,13)6(16,17)7(18,19)5(14,15)3(10,11)1-20/h2,20H,1H2. The maximum absolute atomic E-state index is 9.12. The van der Waals surface area contributed by atoms with E-state index >= 15 is 0 Å². The Balaban J connectivity index is 5.98. The van der Waals surface area contributed by atoms with E-state index in [9.17, 15) is 0 Å². The van der Waals surface area contributed by atoms with Crippen LogP contribution in [0.5, 0.6) is 0 Å². The van der Waals surface area contributed by atoms with Gasteiger partial charge in [-0.25, -0.2) is 0 Å². The van der Waals surface area contributed by atoms with Gasteiger partial charge in [-0.3, -0.25) is 0 Å². The van der Waals surface area contributed by atoms with Crippen LogP contribution in [0.4, 0.5) is 0 Å². The number of aliphatic hydroxyl groups is 1. The first-order valence-corrected chi connectivity index (χ1v) is 8.94. The Morgan fingerprint density at radius 3 is 1.25 bits per heavy atom. The quantitative estimate of drug-likeness (QED) is 0.382. The molecule has 0 fully saturated rings. The van der Waals surface area contributed by atoms with E-state index in [1.54, 1.807) is 0 Å². The van der Waals surface area contributed by atoms with Gasteiger partial charge < -0.3 is 5.11 Å². The zero-order valence-corrected chi connectivity index (χ0v) is 17.8. The fourth-order valence-corrected chi connectivity index (χ4v) is 4.10. The second kappa shape index (κ2) is 7.36. The summed E-state index contributed by atoms with van der Waals surface area (Å²) in [6, 6.07) is 0. The number of halogens is 12. The van der Waals surface area contributed by atoms with Crippen molar-refractivity contribution in [1.29, 1.82) is 0 Å². The lowest BCUT2D eigenvalue weighted by Gasteiger charge is -2.49. The normalized spacial score (nSPS) is 15.9. The molecule has 0 aromatic rings. The van der Waals surface area contributed by atoms with Gasteiger partial charge in [-0.05, 0) is 0 Å². The zero-order chi connectivity index (χ0) is 16.8. The van der Waals surface area contributed by atoms with Crippen LogP contribution in [0.2, 0.25) is 0 Å². The average molecular weight is 530 g/mol. The van der Waals surface area contributed by atoms with Crippen LogP contribution in [-0.2, 0) is 0 Å². The average Bonchev–Trinajstić information content (AvgIpc) is 2.27. The maximum Gasteiger partial charge on any atom is 0.189 e. The number of rotatable bonds is 6. The van der Waals surface area contributed by atoms with Crippen molar-refractivity contribution in [2.24, 2.45) is 0 Å². The van der Waals surface area contributed by atoms with Crippen molar-refractivity contribution in [3.8, 4) is 0 Å². The maximum atomic E-state index is 9.12. The van der Waals surface area contributed by atoms with Gasteiger partial charge in [-0.1, -0.05) is 116 Å². The van der Waals surface area contributed by atoms with E-state index in [2.05, 4.69) is 0 Å². The minimum Gasteiger partial charge on any atom is -0.393 e. The summed E-state index contributed by atoms with van der Waals surface area (Å²) in [6.07, 6.45) is 0. The van der Waals surface area contributed by atoms with Crippen LogP contribution in [0.1, 0.15) is 0 Å². The van der Waals surface area contributed by atoms with E-state index in [4.69, 9.17) is 144 Å². The van der Waals surface area contributed by atoms with Gasteiger partial charge in [0.05, 0.1) is 6.61 Å². The van der Waals surface area contributed by atoms with Gasteiger partial charge in [0.25, 0.3) is 0 Å². The minimum atomic E-state index is -2.61. The molecule has 0 atom stereocenters. The lowest BCUT2D eigenvalue weighted by Crippen LogP contribution is -2.65. The third kappa shape index (κ3) is 3.82. The van der Waals surface area contributed by atoms with Crippen LogP contribution in [0.3, 0.4) is 0 Å². The molecule has 0 bridgehead atoms. The molecule has 0 spiro atoms. The highest BCUT2D eigenvalue weighted by Gasteiger charge is 2.74. The van der Waals surface area contributed by atoms with Gasteiger partial charge >= 0.3 is 0 Å². The van der Waals surface area contributed by atoms with Crippen molar-refractivity contribution in [2.75, 3.05) is 6.61 Å². The molecule has 0 aromatic carbocycles. The minimum absolute atomic E-state index is 0.948. The van der Waals surface area contributed by atoms with Crippen molar-refractivity contribution < 1.29 is 5.11 Å². The molecule has 13 heteroatoms. The first kappa shape index (κ1) is 23.4. The lowest BCUT2D eigenvalue weighted by molar-refractivity contribution is 0.263. The Morgan fingerprint density at radius 1 is 0.650 bits per heavy atom. The summed E-state index contributed by atoms with van der Waals surface area (Å²) in [7, 11) is 0. The largest absolute Gasteiger partial charge is 0.393 e. The molecular formula is C7H4Cl12O. The summed E-state index contributed by atoms with van der Waals surface area (Å²) in [6.45, 7) is -0.948. The second-order valence-electron chi connectivity index (χ2n) is 3.51. The van der Waals surface area contributed by atoms with Crippen LogP contribution in [-0.4, -0.2) is 38.2 Å². The molecule has 0 radical (unpaired) electrons. The fourth-order valence-electron chi connectivity index (χ4n) is 0.872. The van der Waals surface area contributed by atoms with Gasteiger partial charge in [-0.2, -0.15) is 0 Å². The predicted molar refractivity (Wildman–Crippen MR) is 94.8 cm³/mol. The first-order valence-electron chi connectivity index (χ1n) is 4.28. The first-order chi connectivity index (χ1) is 8.50. The van der Waals surface area contributed by atoms with Gasteiger partial charge in [-0.15, -0.1) is 23.2 Å². The molecular weight excluding hydrogens is 526 g/mol. The number of alkyl halides is 12. The number of hydrogen-bond donors (Lipinski definition) is 1. The predicted octanol–water partition coefficient (Wildman–Crippen LogP) is 6.65. The van der Waals surface area contributed by atoms with E-state index in [-0.39, 0.29) is 0 Å². The number of aliphatic hydroxyl groups excluding tert-OH is 1. The Morgan fingerprint density at radius 2 is 1.00 bits per heavy atom. The molecule has 0 amide bonds. The molecule has 1 nitrogen and oxygen atoms in total. The molecule has 122 valence electrons. The molecule has 0 aliphatic heterocycles. The summed E-state index contributed by atoms with van der Waals surface area (Å²) < 4.78 is -12.3. The van der Waals surface area contributed by atoms with Crippen LogP contribution < -0.4 is 0 Å². The molecule has 0 aromatic heterocycles. The molecule has 0 rings (SSSR count). The summed E-state index contributed by atoms with van der Waals surface area (Å²) in [5, 5.41) is 9.12. The Hall–Kier alpha value is 3.44. The third-order valence-corrected chi connectivity index (χ3v) is 10.1. The van der Waals surface area contributed by atoms with E-state index < -0.39 is 33.1 Å². The van der Waals surface area contributed by atoms with E-state index in [1.165, 1.54) is 0 Å². The summed E-state index contributed by atoms with van der Waals surface area (Å²) in [5.41, 5.74) is 0. The molecule has 0 aliphatic rings. The molecule has 20 heavy (non-hydrogen) atoms. The molecule has 0 heterocycles. The van der Waals surface area contributed by atoms with Crippen molar-refractivity contribution in [3.63, 3.8) is 0 Å². The number of hydrogen-bond acceptors (Lipinski definition) is 1. The SMILES string of the molecule is OCC(Cl)(Cl)C(Cl)(Cl)C(Cl)(Cl)C(Cl)(Cl)C(Cl)(Cl)C(Cl)Cl. The van der Waals surface area contributed by atoms with Gasteiger partial charge in [0, 0.05) is 0 Å². The van der Waals surface area contributed by atoms with Crippen molar-refractivity contribution in [3.05, 3.63) is 0 Å². The lowest BCUT2D eigenvalue weighted by atomic mass is 10.1. The van der Waals surface area contributed by atoms with E-state index in [1.807, 2.05) is 0 Å². The van der Waals surface area contributed by atoms with Crippen LogP contribution in [0, 0.1) is 0 Å². The zero-order valence-electron chi connectivity index (χ0n) is 8.77. The van der Waals surface area contributed by atoms with Gasteiger partial charge in [0.2, 0.25) is 0 Å². The smallest absolute Gasteiger partial charge is 0.189 e.